The van der Waals surface area contributed by atoms with Crippen LogP contribution in [0, 0.1) is 19.3 Å². The molecule has 2 aromatic heterocycles. The molecule has 0 fully saturated rings. The third kappa shape index (κ3) is 5.40. The molecule has 0 aliphatic heterocycles. The molecule has 0 aliphatic carbocycles. The van der Waals surface area contributed by atoms with Crippen LogP contribution in [-0.4, -0.2) is 33.8 Å². The summed E-state index contributed by atoms with van der Waals surface area (Å²) in [6.07, 6.45) is -0.210. The quantitative estimate of drug-likeness (QED) is 0.518. The molecule has 7 heteroatoms. The SMILES string of the molecule is Cc1cc(C)c2sc(-c3cccc(C(CCOC(C)C(=O)O)C(C)(C)C)n3)nc(=O)c2c1. The highest BCUT2D eigenvalue weighted by molar-refractivity contribution is 7.21. The van der Waals surface area contributed by atoms with Gasteiger partial charge < -0.3 is 9.84 Å². The number of aryl methyl sites for hydroxylation is 2. The Morgan fingerprint density at radius 3 is 2.56 bits per heavy atom. The highest BCUT2D eigenvalue weighted by atomic mass is 32.1. The summed E-state index contributed by atoms with van der Waals surface area (Å²) in [5, 5.41) is 10.3. The van der Waals surface area contributed by atoms with Gasteiger partial charge in [-0.15, -0.1) is 11.3 Å². The van der Waals surface area contributed by atoms with Crippen LogP contribution in [0.25, 0.3) is 20.8 Å². The minimum Gasteiger partial charge on any atom is -0.479 e. The van der Waals surface area contributed by atoms with Crippen LogP contribution in [0.3, 0.4) is 0 Å². The molecule has 0 saturated heterocycles. The average Bonchev–Trinajstić information content (AvgIpc) is 2.70. The molecule has 3 rings (SSSR count). The molecule has 2 unspecified atom stereocenters. The zero-order valence-electron chi connectivity index (χ0n) is 19.4. The van der Waals surface area contributed by atoms with Gasteiger partial charge >= 0.3 is 5.97 Å². The van der Waals surface area contributed by atoms with Crippen molar-refractivity contribution in [3.8, 4) is 10.7 Å². The van der Waals surface area contributed by atoms with Crippen LogP contribution in [-0.2, 0) is 9.53 Å². The molecule has 170 valence electrons. The maximum Gasteiger partial charge on any atom is 0.332 e. The number of carboxylic acid groups (broad SMARTS) is 1. The highest BCUT2D eigenvalue weighted by Crippen LogP contribution is 2.38. The molecule has 3 aromatic rings. The van der Waals surface area contributed by atoms with Crippen LogP contribution in [0.1, 0.15) is 56.9 Å². The minimum absolute atomic E-state index is 0.0463. The molecule has 0 amide bonds. The fourth-order valence-electron chi connectivity index (χ4n) is 3.85. The Bertz CT molecular complexity index is 1200. The van der Waals surface area contributed by atoms with Gasteiger partial charge in [-0.3, -0.25) is 4.79 Å². The standard InChI is InChI=1S/C25H30N2O4S/c1-14-12-15(2)21-17(13-14)22(28)27-23(32-21)20-9-7-8-19(26-20)18(25(4,5)6)10-11-31-16(3)24(29)30/h7-9,12-13,16,18H,10-11H2,1-6H3,(H,29,30). The number of hydrogen-bond acceptors (Lipinski definition) is 6. The first-order valence-corrected chi connectivity index (χ1v) is 11.5. The Hall–Kier alpha value is -2.64. The van der Waals surface area contributed by atoms with E-state index in [1.807, 2.05) is 38.1 Å². The number of carboxylic acids is 1. The second-order valence-corrected chi connectivity index (χ2v) is 10.3. The number of nitrogens with zero attached hydrogens (tertiary/aromatic N) is 2. The molecule has 0 bridgehead atoms. The lowest BCUT2D eigenvalue weighted by molar-refractivity contribution is -0.149. The van der Waals surface area contributed by atoms with Crippen LogP contribution in [0.4, 0.5) is 0 Å². The van der Waals surface area contributed by atoms with Crippen LogP contribution in [0.5, 0.6) is 0 Å². The summed E-state index contributed by atoms with van der Waals surface area (Å²) in [6, 6.07) is 9.73. The summed E-state index contributed by atoms with van der Waals surface area (Å²) in [5.74, 6) is -0.926. The number of hydrogen-bond donors (Lipinski definition) is 1. The van der Waals surface area contributed by atoms with Crippen LogP contribution < -0.4 is 5.56 Å². The zero-order chi connectivity index (χ0) is 23.6. The fourth-order valence-corrected chi connectivity index (χ4v) is 4.87. The van der Waals surface area contributed by atoms with E-state index in [1.54, 1.807) is 0 Å². The lowest BCUT2D eigenvalue weighted by Crippen LogP contribution is -2.25. The molecular weight excluding hydrogens is 424 g/mol. The molecule has 0 saturated carbocycles. The van der Waals surface area contributed by atoms with Crippen LogP contribution >= 0.6 is 11.3 Å². The fraction of sp³-hybridized carbons (Fsp3) is 0.440. The van der Waals surface area contributed by atoms with Gasteiger partial charge in [-0.1, -0.05) is 32.9 Å². The van der Waals surface area contributed by atoms with Crippen molar-refractivity contribution in [2.45, 2.75) is 60.0 Å². The number of aromatic nitrogens is 2. The Kier molecular flexibility index (Phi) is 7.10. The molecular formula is C25H30N2O4S. The topological polar surface area (TPSA) is 89.4 Å². The second kappa shape index (κ2) is 9.46. The van der Waals surface area contributed by atoms with E-state index >= 15 is 0 Å². The maximum absolute atomic E-state index is 12.7. The lowest BCUT2D eigenvalue weighted by atomic mass is 9.76. The van der Waals surface area contributed by atoms with Crippen molar-refractivity contribution < 1.29 is 14.6 Å². The zero-order valence-corrected chi connectivity index (χ0v) is 20.2. The second-order valence-electron chi connectivity index (χ2n) is 9.29. The normalized spacial score (nSPS) is 13.8. The van der Waals surface area contributed by atoms with Crippen molar-refractivity contribution in [2.24, 2.45) is 5.41 Å². The number of benzene rings is 1. The molecule has 1 N–H and O–H groups in total. The summed E-state index contributed by atoms with van der Waals surface area (Å²) < 4.78 is 6.40. The number of pyridine rings is 1. The first-order chi connectivity index (χ1) is 15.0. The van der Waals surface area contributed by atoms with Crippen molar-refractivity contribution in [3.63, 3.8) is 0 Å². The number of aliphatic carboxylic acids is 1. The highest BCUT2D eigenvalue weighted by Gasteiger charge is 2.28. The molecule has 2 heterocycles. The Morgan fingerprint density at radius 1 is 1.19 bits per heavy atom. The lowest BCUT2D eigenvalue weighted by Gasteiger charge is -2.30. The first-order valence-electron chi connectivity index (χ1n) is 10.7. The van der Waals surface area contributed by atoms with Gasteiger partial charge in [-0.05, 0) is 61.9 Å². The smallest absolute Gasteiger partial charge is 0.332 e. The summed E-state index contributed by atoms with van der Waals surface area (Å²) in [5.41, 5.74) is 3.29. The van der Waals surface area contributed by atoms with Crippen molar-refractivity contribution in [1.82, 2.24) is 9.97 Å². The van der Waals surface area contributed by atoms with E-state index in [1.165, 1.54) is 18.3 Å². The van der Waals surface area contributed by atoms with Gasteiger partial charge in [0.2, 0.25) is 0 Å². The largest absolute Gasteiger partial charge is 0.479 e. The molecule has 2 atom stereocenters. The van der Waals surface area contributed by atoms with Gasteiger partial charge in [0, 0.05) is 22.9 Å². The third-order valence-corrected chi connectivity index (χ3v) is 6.81. The van der Waals surface area contributed by atoms with Gasteiger partial charge in [0.05, 0.1) is 11.1 Å². The van der Waals surface area contributed by atoms with E-state index in [2.05, 4.69) is 31.8 Å². The predicted octanol–water partition coefficient (Wildman–Crippen LogP) is 5.34. The van der Waals surface area contributed by atoms with Gasteiger partial charge in [0.25, 0.3) is 5.56 Å². The minimum atomic E-state index is -0.972. The molecule has 1 aromatic carbocycles. The van der Waals surface area contributed by atoms with Gasteiger partial charge in [0.1, 0.15) is 5.01 Å². The van der Waals surface area contributed by atoms with E-state index < -0.39 is 12.1 Å². The molecule has 6 nitrogen and oxygen atoms in total. The monoisotopic (exact) mass is 454 g/mol. The van der Waals surface area contributed by atoms with Crippen molar-refractivity contribution in [3.05, 3.63) is 57.5 Å². The molecule has 0 spiro atoms. The average molecular weight is 455 g/mol. The number of fused-ring (bicyclic) bond motifs is 1. The number of ether oxygens (including phenoxy) is 1. The molecule has 32 heavy (non-hydrogen) atoms. The van der Waals surface area contributed by atoms with E-state index in [9.17, 15) is 9.59 Å². The number of rotatable bonds is 7. The summed E-state index contributed by atoms with van der Waals surface area (Å²) in [6.45, 7) is 12.2. The Balaban J connectivity index is 1.97. The van der Waals surface area contributed by atoms with Gasteiger partial charge in [-0.25, -0.2) is 9.78 Å². The van der Waals surface area contributed by atoms with E-state index in [0.717, 1.165) is 21.5 Å². The van der Waals surface area contributed by atoms with Crippen LogP contribution in [0.2, 0.25) is 0 Å². The van der Waals surface area contributed by atoms with Crippen LogP contribution in [0.15, 0.2) is 35.1 Å². The van der Waals surface area contributed by atoms with E-state index in [-0.39, 0.29) is 16.9 Å². The Labute approximate surface area is 192 Å². The van der Waals surface area contributed by atoms with E-state index in [0.29, 0.717) is 29.1 Å². The van der Waals surface area contributed by atoms with Crippen molar-refractivity contribution in [2.75, 3.05) is 6.61 Å². The van der Waals surface area contributed by atoms with Crippen molar-refractivity contribution in [1.29, 1.82) is 0 Å². The molecule has 0 aliphatic rings. The van der Waals surface area contributed by atoms with Gasteiger partial charge in [-0.2, -0.15) is 4.98 Å². The van der Waals surface area contributed by atoms with Gasteiger partial charge in [0.15, 0.2) is 6.10 Å². The number of carbonyl (C=O) groups is 1. The third-order valence-electron chi connectivity index (χ3n) is 5.57. The molecule has 0 radical (unpaired) electrons. The van der Waals surface area contributed by atoms with Crippen molar-refractivity contribution >= 4 is 27.4 Å². The predicted molar refractivity (Wildman–Crippen MR) is 128 cm³/mol. The Morgan fingerprint density at radius 2 is 1.91 bits per heavy atom. The summed E-state index contributed by atoms with van der Waals surface area (Å²) in [7, 11) is 0. The first kappa shape index (κ1) is 24.0. The maximum atomic E-state index is 12.7. The van der Waals surface area contributed by atoms with E-state index in [4.69, 9.17) is 14.8 Å². The summed E-state index contributed by atoms with van der Waals surface area (Å²) in [4.78, 5) is 33.0. The summed E-state index contributed by atoms with van der Waals surface area (Å²) >= 11 is 1.48.